The van der Waals surface area contributed by atoms with Crippen molar-refractivity contribution in [3.63, 3.8) is 0 Å². The number of nitrogens with zero attached hydrogens (tertiary/aromatic N) is 3. The summed E-state index contributed by atoms with van der Waals surface area (Å²) >= 11 is 1.55. The first kappa shape index (κ1) is 15.3. The molecule has 1 saturated carbocycles. The first-order chi connectivity index (χ1) is 11.8. The molecular weight excluding hydrogens is 322 g/mol. The number of hydrogen-bond donors (Lipinski definition) is 2. The zero-order valence-electron chi connectivity index (χ0n) is 13.5. The molecular formula is C17H19N5OS. The van der Waals surface area contributed by atoms with Crippen LogP contribution in [0, 0.1) is 0 Å². The Balaban J connectivity index is 1.79. The monoisotopic (exact) mass is 341 g/mol. The quantitative estimate of drug-likeness (QED) is 0.761. The molecule has 0 amide bonds. The van der Waals surface area contributed by atoms with E-state index in [2.05, 4.69) is 30.6 Å². The van der Waals surface area contributed by atoms with Gasteiger partial charge in [0.1, 0.15) is 22.7 Å². The maximum Gasteiger partial charge on any atom is 0.260 e. The third-order valence-corrected chi connectivity index (χ3v) is 5.57. The molecule has 1 fully saturated rings. The van der Waals surface area contributed by atoms with Crippen LogP contribution in [0.2, 0.25) is 0 Å². The number of hydrogen-bond acceptors (Lipinski definition) is 6. The van der Waals surface area contributed by atoms with Gasteiger partial charge in [0.25, 0.3) is 5.56 Å². The normalized spacial score (nSPS) is 15.7. The van der Waals surface area contributed by atoms with E-state index in [9.17, 15) is 4.79 Å². The van der Waals surface area contributed by atoms with E-state index in [1.54, 1.807) is 24.5 Å². The van der Waals surface area contributed by atoms with Crippen molar-refractivity contribution in [1.29, 1.82) is 0 Å². The van der Waals surface area contributed by atoms with E-state index in [0.717, 1.165) is 10.2 Å². The number of fused-ring (bicyclic) bond motifs is 1. The van der Waals surface area contributed by atoms with Gasteiger partial charge >= 0.3 is 0 Å². The van der Waals surface area contributed by atoms with Crippen LogP contribution >= 0.6 is 11.3 Å². The number of H-pyrrole nitrogens is 1. The summed E-state index contributed by atoms with van der Waals surface area (Å²) < 4.78 is 0. The van der Waals surface area contributed by atoms with Gasteiger partial charge in [-0.3, -0.25) is 4.79 Å². The van der Waals surface area contributed by atoms with Crippen LogP contribution in [0.5, 0.6) is 0 Å². The highest BCUT2D eigenvalue weighted by molar-refractivity contribution is 7.16. The minimum Gasteiger partial charge on any atom is -0.373 e. The summed E-state index contributed by atoms with van der Waals surface area (Å²) in [5.41, 5.74) is 1.72. The van der Waals surface area contributed by atoms with Crippen molar-refractivity contribution >= 4 is 27.4 Å². The summed E-state index contributed by atoms with van der Waals surface area (Å²) in [5, 5.41) is 5.85. The van der Waals surface area contributed by atoms with E-state index < -0.39 is 0 Å². The Morgan fingerprint density at radius 3 is 2.88 bits per heavy atom. The molecule has 6 nitrogen and oxygen atoms in total. The van der Waals surface area contributed by atoms with E-state index in [-0.39, 0.29) is 5.56 Å². The second kappa shape index (κ2) is 6.32. The van der Waals surface area contributed by atoms with Crippen LogP contribution in [-0.4, -0.2) is 27.0 Å². The summed E-state index contributed by atoms with van der Waals surface area (Å²) in [6, 6.07) is 1.78. The fourth-order valence-electron chi connectivity index (χ4n) is 3.43. The summed E-state index contributed by atoms with van der Waals surface area (Å²) in [7, 11) is 1.79. The van der Waals surface area contributed by atoms with Gasteiger partial charge in [-0.05, 0) is 29.7 Å². The molecule has 24 heavy (non-hydrogen) atoms. The summed E-state index contributed by atoms with van der Waals surface area (Å²) in [6.07, 6.45) is 7.61. The minimum atomic E-state index is -0.0681. The van der Waals surface area contributed by atoms with Crippen LogP contribution in [0.4, 0.5) is 5.82 Å². The zero-order valence-corrected chi connectivity index (χ0v) is 14.3. The maximum atomic E-state index is 12.7. The number of aromatic nitrogens is 4. The average Bonchev–Trinajstić information content (AvgIpc) is 3.07. The second-order valence-corrected chi connectivity index (χ2v) is 7.02. The van der Waals surface area contributed by atoms with E-state index in [1.165, 1.54) is 44.0 Å². The third kappa shape index (κ3) is 2.69. The van der Waals surface area contributed by atoms with E-state index in [1.807, 2.05) is 0 Å². The highest BCUT2D eigenvalue weighted by atomic mass is 32.1. The Kier molecular flexibility index (Phi) is 4.02. The molecule has 0 spiro atoms. The molecule has 3 aromatic rings. The van der Waals surface area contributed by atoms with Crippen molar-refractivity contribution in [2.75, 3.05) is 12.4 Å². The molecule has 0 unspecified atom stereocenters. The Hall–Kier alpha value is -2.28. The lowest BCUT2D eigenvalue weighted by Gasteiger charge is -2.20. The lowest BCUT2D eigenvalue weighted by atomic mass is 9.84. The Labute approximate surface area is 143 Å². The van der Waals surface area contributed by atoms with Gasteiger partial charge in [-0.15, -0.1) is 11.3 Å². The van der Waals surface area contributed by atoms with Crippen molar-refractivity contribution in [2.45, 2.75) is 38.0 Å². The van der Waals surface area contributed by atoms with Gasteiger partial charge in [-0.2, -0.15) is 0 Å². The number of aromatic amines is 1. The highest BCUT2D eigenvalue weighted by Gasteiger charge is 2.21. The number of anilines is 1. The molecule has 3 aromatic heterocycles. The van der Waals surface area contributed by atoms with E-state index in [0.29, 0.717) is 23.3 Å². The predicted molar refractivity (Wildman–Crippen MR) is 96.6 cm³/mol. The van der Waals surface area contributed by atoms with Crippen LogP contribution in [-0.2, 0) is 0 Å². The van der Waals surface area contributed by atoms with Gasteiger partial charge in [-0.1, -0.05) is 19.3 Å². The second-order valence-electron chi connectivity index (χ2n) is 6.16. The molecule has 3 heterocycles. The molecule has 4 rings (SSSR count). The van der Waals surface area contributed by atoms with Crippen molar-refractivity contribution in [2.24, 2.45) is 0 Å². The van der Waals surface area contributed by atoms with Gasteiger partial charge in [0, 0.05) is 13.1 Å². The van der Waals surface area contributed by atoms with Gasteiger partial charge in [-0.25, -0.2) is 15.0 Å². The molecule has 1 aliphatic carbocycles. The van der Waals surface area contributed by atoms with E-state index in [4.69, 9.17) is 0 Å². The fraction of sp³-hybridized carbons (Fsp3) is 0.412. The highest BCUT2D eigenvalue weighted by Crippen LogP contribution is 2.37. The SMILES string of the molecule is CNc1cc(-c2nc3scc(C4CCCCC4)c3c(=O)[nH]2)ncn1. The molecule has 1 aliphatic rings. The summed E-state index contributed by atoms with van der Waals surface area (Å²) in [4.78, 5) is 29.4. The topological polar surface area (TPSA) is 83.6 Å². The van der Waals surface area contributed by atoms with Crippen LogP contribution in [0.3, 0.4) is 0 Å². The lowest BCUT2D eigenvalue weighted by molar-refractivity contribution is 0.446. The first-order valence-electron chi connectivity index (χ1n) is 8.28. The van der Waals surface area contributed by atoms with Crippen LogP contribution < -0.4 is 10.9 Å². The number of thiophene rings is 1. The molecule has 0 radical (unpaired) electrons. The third-order valence-electron chi connectivity index (χ3n) is 4.68. The molecule has 0 aliphatic heterocycles. The van der Waals surface area contributed by atoms with Gasteiger partial charge in [0.2, 0.25) is 0 Å². The van der Waals surface area contributed by atoms with E-state index >= 15 is 0 Å². The number of rotatable bonds is 3. The molecule has 7 heteroatoms. The minimum absolute atomic E-state index is 0.0681. The van der Waals surface area contributed by atoms with Crippen molar-refractivity contribution < 1.29 is 0 Å². The Morgan fingerprint density at radius 1 is 1.25 bits per heavy atom. The Morgan fingerprint density at radius 2 is 2.08 bits per heavy atom. The lowest BCUT2D eigenvalue weighted by Crippen LogP contribution is -2.13. The zero-order chi connectivity index (χ0) is 16.5. The Bertz CT molecular complexity index is 926. The maximum absolute atomic E-state index is 12.7. The largest absolute Gasteiger partial charge is 0.373 e. The molecule has 124 valence electrons. The predicted octanol–water partition coefficient (Wildman–Crippen LogP) is 3.53. The molecule has 0 aromatic carbocycles. The van der Waals surface area contributed by atoms with Crippen molar-refractivity contribution in [3.8, 4) is 11.5 Å². The first-order valence-corrected chi connectivity index (χ1v) is 9.16. The summed E-state index contributed by atoms with van der Waals surface area (Å²) in [5.74, 6) is 1.68. The van der Waals surface area contributed by atoms with Gasteiger partial charge in [0.15, 0.2) is 5.82 Å². The number of nitrogens with one attached hydrogen (secondary N) is 2. The molecule has 2 N–H and O–H groups in total. The van der Waals surface area contributed by atoms with Gasteiger partial charge < -0.3 is 10.3 Å². The molecule has 0 saturated heterocycles. The van der Waals surface area contributed by atoms with Crippen molar-refractivity contribution in [1.82, 2.24) is 19.9 Å². The van der Waals surface area contributed by atoms with Crippen LogP contribution in [0.15, 0.2) is 22.6 Å². The smallest absolute Gasteiger partial charge is 0.260 e. The molecule has 0 atom stereocenters. The van der Waals surface area contributed by atoms with Crippen LogP contribution in [0.25, 0.3) is 21.7 Å². The molecule has 0 bridgehead atoms. The fourth-order valence-corrected chi connectivity index (χ4v) is 4.45. The van der Waals surface area contributed by atoms with Crippen molar-refractivity contribution in [3.05, 3.63) is 33.7 Å². The summed E-state index contributed by atoms with van der Waals surface area (Å²) in [6.45, 7) is 0. The van der Waals surface area contributed by atoms with Crippen LogP contribution in [0.1, 0.15) is 43.6 Å². The van der Waals surface area contributed by atoms with Gasteiger partial charge in [0.05, 0.1) is 5.39 Å². The standard InChI is InChI=1S/C17H19N5OS/c1-18-13-7-12(19-9-20-13)15-21-16(23)14-11(8-24-17(14)22-15)10-5-3-2-4-6-10/h7-10H,2-6H2,1H3,(H,18,19,20)(H,21,22,23). The average molecular weight is 341 g/mol.